The van der Waals surface area contributed by atoms with Crippen LogP contribution >= 0.6 is 11.8 Å². The van der Waals surface area contributed by atoms with Crippen LogP contribution in [0, 0.1) is 12.8 Å². The molecular formula is C17H24N2O2S. The molecule has 5 heteroatoms. The summed E-state index contributed by atoms with van der Waals surface area (Å²) in [6.07, 6.45) is 1.31. The summed E-state index contributed by atoms with van der Waals surface area (Å²) in [6.45, 7) is 3.34. The third-order valence-electron chi connectivity index (χ3n) is 3.83. The molecule has 1 N–H and O–H groups in total. The molecule has 1 saturated heterocycles. The lowest BCUT2D eigenvalue weighted by atomic mass is 10.1. The molecule has 0 spiro atoms. The van der Waals surface area contributed by atoms with E-state index < -0.39 is 0 Å². The van der Waals surface area contributed by atoms with Crippen LogP contribution in [-0.4, -0.2) is 42.6 Å². The van der Waals surface area contributed by atoms with Gasteiger partial charge >= 0.3 is 0 Å². The van der Waals surface area contributed by atoms with Crippen molar-refractivity contribution in [2.24, 2.45) is 5.92 Å². The van der Waals surface area contributed by atoms with E-state index in [-0.39, 0.29) is 17.7 Å². The van der Waals surface area contributed by atoms with Gasteiger partial charge in [0.1, 0.15) is 0 Å². The molecule has 1 heterocycles. The Morgan fingerprint density at radius 2 is 2.27 bits per heavy atom. The van der Waals surface area contributed by atoms with E-state index in [0.717, 1.165) is 17.9 Å². The second kappa shape index (κ2) is 8.22. The standard InChI is InChI=1S/C17H24N2O2S/c1-13-5-3-6-14(9-13)12-22-8-4-7-18-17(21)15-10-16(20)19(2)11-15/h3,5-6,9,15H,4,7-8,10-12H2,1-2H3,(H,18,21)/t15-/m0/s1. The number of carbonyl (C=O) groups excluding carboxylic acids is 2. The van der Waals surface area contributed by atoms with E-state index in [1.165, 1.54) is 11.1 Å². The Morgan fingerprint density at radius 1 is 1.45 bits per heavy atom. The van der Waals surface area contributed by atoms with Gasteiger partial charge in [0.15, 0.2) is 0 Å². The largest absolute Gasteiger partial charge is 0.356 e. The molecule has 1 aliphatic rings. The number of carbonyl (C=O) groups is 2. The summed E-state index contributed by atoms with van der Waals surface area (Å²) in [6, 6.07) is 8.55. The molecule has 2 rings (SSSR count). The van der Waals surface area contributed by atoms with Gasteiger partial charge in [-0.15, -0.1) is 0 Å². The highest BCUT2D eigenvalue weighted by molar-refractivity contribution is 7.98. The van der Waals surface area contributed by atoms with Crippen LogP contribution in [0.2, 0.25) is 0 Å². The second-order valence-corrected chi connectivity index (χ2v) is 6.97. The zero-order valence-electron chi connectivity index (χ0n) is 13.3. The van der Waals surface area contributed by atoms with Crippen molar-refractivity contribution in [3.63, 3.8) is 0 Å². The normalized spacial score (nSPS) is 17.8. The molecule has 0 aromatic heterocycles. The number of amides is 2. The fraction of sp³-hybridized carbons (Fsp3) is 0.529. The van der Waals surface area contributed by atoms with Crippen LogP contribution < -0.4 is 5.32 Å². The third-order valence-corrected chi connectivity index (χ3v) is 4.94. The number of nitrogens with one attached hydrogen (secondary N) is 1. The molecular weight excluding hydrogens is 296 g/mol. The predicted octanol–water partition coefficient (Wildman–Crippen LogP) is 2.21. The fourth-order valence-corrected chi connectivity index (χ4v) is 3.47. The van der Waals surface area contributed by atoms with E-state index in [2.05, 4.69) is 36.5 Å². The Kier molecular flexibility index (Phi) is 6.31. The highest BCUT2D eigenvalue weighted by Gasteiger charge is 2.31. The minimum absolute atomic E-state index is 0.0152. The average molecular weight is 320 g/mol. The number of aryl methyl sites for hydroxylation is 1. The van der Waals surface area contributed by atoms with Crippen LogP contribution in [0.25, 0.3) is 0 Å². The summed E-state index contributed by atoms with van der Waals surface area (Å²) >= 11 is 1.89. The molecule has 1 aromatic rings. The van der Waals surface area contributed by atoms with Crippen molar-refractivity contribution >= 4 is 23.6 Å². The minimum Gasteiger partial charge on any atom is -0.356 e. The van der Waals surface area contributed by atoms with Crippen LogP contribution in [0.5, 0.6) is 0 Å². The molecule has 2 amide bonds. The predicted molar refractivity (Wildman–Crippen MR) is 90.7 cm³/mol. The van der Waals surface area contributed by atoms with E-state index in [1.807, 2.05) is 11.8 Å². The lowest BCUT2D eigenvalue weighted by Crippen LogP contribution is -2.33. The monoisotopic (exact) mass is 320 g/mol. The number of likely N-dealkylation sites (tertiary alicyclic amines) is 1. The van der Waals surface area contributed by atoms with Crippen molar-refractivity contribution in [3.05, 3.63) is 35.4 Å². The van der Waals surface area contributed by atoms with Crippen molar-refractivity contribution in [3.8, 4) is 0 Å². The van der Waals surface area contributed by atoms with Gasteiger partial charge in [-0.3, -0.25) is 9.59 Å². The molecule has 1 aromatic carbocycles. The Hall–Kier alpha value is -1.49. The van der Waals surface area contributed by atoms with E-state index >= 15 is 0 Å². The zero-order valence-corrected chi connectivity index (χ0v) is 14.1. The Bertz CT molecular complexity index is 533. The number of hydrogen-bond acceptors (Lipinski definition) is 3. The van der Waals surface area contributed by atoms with Crippen molar-refractivity contribution in [1.29, 1.82) is 0 Å². The highest BCUT2D eigenvalue weighted by Crippen LogP contribution is 2.16. The lowest BCUT2D eigenvalue weighted by molar-refractivity contribution is -0.128. The lowest BCUT2D eigenvalue weighted by Gasteiger charge is -2.11. The second-order valence-electron chi connectivity index (χ2n) is 5.86. The van der Waals surface area contributed by atoms with Crippen molar-refractivity contribution in [2.75, 3.05) is 25.9 Å². The molecule has 0 bridgehead atoms. The first kappa shape index (κ1) is 16.9. The number of rotatable bonds is 7. The maximum absolute atomic E-state index is 11.9. The van der Waals surface area contributed by atoms with Gasteiger partial charge in [0.25, 0.3) is 0 Å². The van der Waals surface area contributed by atoms with Gasteiger partial charge in [0.2, 0.25) is 11.8 Å². The summed E-state index contributed by atoms with van der Waals surface area (Å²) in [5, 5.41) is 2.94. The smallest absolute Gasteiger partial charge is 0.225 e. The summed E-state index contributed by atoms with van der Waals surface area (Å²) in [5.74, 6) is 1.95. The van der Waals surface area contributed by atoms with E-state index in [1.54, 1.807) is 11.9 Å². The summed E-state index contributed by atoms with van der Waals surface area (Å²) in [4.78, 5) is 25.0. The summed E-state index contributed by atoms with van der Waals surface area (Å²) in [7, 11) is 1.75. The Morgan fingerprint density at radius 3 is 2.95 bits per heavy atom. The Labute approximate surface area is 136 Å². The SMILES string of the molecule is Cc1cccc(CSCCCNC(=O)[C@H]2CC(=O)N(C)C2)c1. The van der Waals surface area contributed by atoms with Gasteiger partial charge in [-0.25, -0.2) is 0 Å². The van der Waals surface area contributed by atoms with Crippen molar-refractivity contribution in [2.45, 2.75) is 25.5 Å². The molecule has 120 valence electrons. The highest BCUT2D eigenvalue weighted by atomic mass is 32.2. The van der Waals surface area contributed by atoms with Gasteiger partial charge < -0.3 is 10.2 Å². The first-order valence-corrected chi connectivity index (χ1v) is 8.86. The first-order valence-electron chi connectivity index (χ1n) is 7.71. The number of thioether (sulfide) groups is 1. The molecule has 0 saturated carbocycles. The fourth-order valence-electron chi connectivity index (χ4n) is 2.56. The average Bonchev–Trinajstić information content (AvgIpc) is 2.82. The van der Waals surface area contributed by atoms with Gasteiger partial charge in [-0.1, -0.05) is 29.8 Å². The summed E-state index contributed by atoms with van der Waals surface area (Å²) < 4.78 is 0. The van der Waals surface area contributed by atoms with Crippen molar-refractivity contribution < 1.29 is 9.59 Å². The van der Waals surface area contributed by atoms with Crippen LogP contribution in [0.1, 0.15) is 24.0 Å². The van der Waals surface area contributed by atoms with Crippen molar-refractivity contribution in [1.82, 2.24) is 10.2 Å². The maximum atomic E-state index is 11.9. The third kappa shape index (κ3) is 5.05. The number of benzene rings is 1. The van der Waals surface area contributed by atoms with Gasteiger partial charge in [0.05, 0.1) is 5.92 Å². The molecule has 1 fully saturated rings. The van der Waals surface area contributed by atoms with Crippen LogP contribution in [0.3, 0.4) is 0 Å². The quantitative estimate of drug-likeness (QED) is 0.784. The number of hydrogen-bond donors (Lipinski definition) is 1. The molecule has 0 unspecified atom stereocenters. The van der Waals surface area contributed by atoms with Gasteiger partial charge in [0, 0.05) is 32.3 Å². The van der Waals surface area contributed by atoms with Crippen LogP contribution in [0.4, 0.5) is 0 Å². The van der Waals surface area contributed by atoms with Crippen LogP contribution in [-0.2, 0) is 15.3 Å². The first-order chi connectivity index (χ1) is 10.6. The molecule has 1 aliphatic heterocycles. The molecule has 0 aliphatic carbocycles. The topological polar surface area (TPSA) is 49.4 Å². The van der Waals surface area contributed by atoms with Gasteiger partial charge in [-0.05, 0) is 24.7 Å². The molecule has 22 heavy (non-hydrogen) atoms. The van der Waals surface area contributed by atoms with Gasteiger partial charge in [-0.2, -0.15) is 11.8 Å². The molecule has 1 atom stereocenters. The van der Waals surface area contributed by atoms with Crippen LogP contribution in [0.15, 0.2) is 24.3 Å². The van der Waals surface area contributed by atoms with E-state index in [0.29, 0.717) is 19.5 Å². The minimum atomic E-state index is -0.169. The molecule has 4 nitrogen and oxygen atoms in total. The number of nitrogens with zero attached hydrogens (tertiary/aromatic N) is 1. The molecule has 0 radical (unpaired) electrons. The Balaban J connectivity index is 1.56. The maximum Gasteiger partial charge on any atom is 0.225 e. The van der Waals surface area contributed by atoms with E-state index in [4.69, 9.17) is 0 Å². The zero-order chi connectivity index (χ0) is 15.9. The van der Waals surface area contributed by atoms with E-state index in [9.17, 15) is 9.59 Å². The summed E-state index contributed by atoms with van der Waals surface area (Å²) in [5.41, 5.74) is 2.64.